The predicted molar refractivity (Wildman–Crippen MR) is 147 cm³/mol. The van der Waals surface area contributed by atoms with Crippen LogP contribution in [0.1, 0.15) is 73.4 Å². The number of rotatable bonds is 16. The molecule has 0 aliphatic carbocycles. The molecule has 38 heavy (non-hydrogen) atoms. The minimum absolute atomic E-state index is 0.315. The lowest BCUT2D eigenvalue weighted by Gasteiger charge is -2.09. The largest absolute Gasteiger partial charge is 0.494 e. The zero-order valence-corrected chi connectivity index (χ0v) is 22.6. The molecule has 0 aliphatic rings. The second-order valence-corrected chi connectivity index (χ2v) is 9.03. The van der Waals surface area contributed by atoms with Crippen LogP contribution < -0.4 is 9.47 Å². The van der Waals surface area contributed by atoms with Crippen molar-refractivity contribution in [2.75, 3.05) is 20.3 Å². The third kappa shape index (κ3) is 11.5. The van der Waals surface area contributed by atoms with E-state index < -0.39 is 11.9 Å². The molecule has 2 aromatic rings. The maximum absolute atomic E-state index is 12.6. The van der Waals surface area contributed by atoms with Gasteiger partial charge in [0, 0.05) is 11.6 Å². The second kappa shape index (κ2) is 16.8. The second-order valence-electron chi connectivity index (χ2n) is 9.03. The molecule has 0 spiro atoms. The predicted octanol–water partition coefficient (Wildman–Crippen LogP) is 6.63. The molecule has 0 aliphatic heterocycles. The van der Waals surface area contributed by atoms with Gasteiger partial charge in [0.15, 0.2) is 0 Å². The fraction of sp³-hybridized carbons (Fsp3) is 0.387. The number of carbonyl (C=O) groups is 3. The van der Waals surface area contributed by atoms with E-state index in [0.717, 1.165) is 56.1 Å². The third-order valence-electron chi connectivity index (χ3n) is 5.74. The molecule has 0 amide bonds. The van der Waals surface area contributed by atoms with E-state index in [1.807, 2.05) is 13.0 Å². The summed E-state index contributed by atoms with van der Waals surface area (Å²) in [5.41, 5.74) is 2.44. The smallest absolute Gasteiger partial charge is 0.343 e. The number of unbranched alkanes of at least 4 members (excludes halogenated alkanes) is 6. The summed E-state index contributed by atoms with van der Waals surface area (Å²) in [6.07, 6.45) is 10.4. The Hall–Kier alpha value is -3.87. The Balaban J connectivity index is 1.63. The monoisotopic (exact) mass is 522 g/mol. The van der Waals surface area contributed by atoms with Crippen molar-refractivity contribution >= 4 is 24.0 Å². The van der Waals surface area contributed by atoms with Gasteiger partial charge in [-0.1, -0.05) is 44.7 Å². The molecule has 2 rings (SSSR count). The molecule has 7 nitrogen and oxygen atoms in total. The van der Waals surface area contributed by atoms with Crippen molar-refractivity contribution in [2.24, 2.45) is 0 Å². The molecular formula is C31H38O7. The molecule has 0 saturated carbocycles. The van der Waals surface area contributed by atoms with Crippen LogP contribution in [0.25, 0.3) is 6.08 Å². The Morgan fingerprint density at radius 1 is 0.868 bits per heavy atom. The summed E-state index contributed by atoms with van der Waals surface area (Å²) in [4.78, 5) is 35.1. The topological polar surface area (TPSA) is 88.1 Å². The SMILES string of the molecule is C=C(C)C(=O)OCCCCCCCCCOc1ccc(C(=O)Oc2ccc(/C=C/C(=O)OC)cc2C)cc1. The van der Waals surface area contributed by atoms with Crippen LogP contribution in [0.15, 0.2) is 60.7 Å². The first-order valence-corrected chi connectivity index (χ1v) is 12.9. The van der Waals surface area contributed by atoms with E-state index in [0.29, 0.717) is 35.8 Å². The molecule has 0 N–H and O–H groups in total. The maximum atomic E-state index is 12.6. The van der Waals surface area contributed by atoms with Gasteiger partial charge in [0.2, 0.25) is 0 Å². The normalized spacial score (nSPS) is 10.7. The first-order valence-electron chi connectivity index (χ1n) is 12.9. The Bertz CT molecular complexity index is 1100. The van der Waals surface area contributed by atoms with Crippen molar-refractivity contribution in [1.29, 1.82) is 0 Å². The average Bonchev–Trinajstić information content (AvgIpc) is 2.91. The highest BCUT2D eigenvalue weighted by molar-refractivity contribution is 5.91. The minimum atomic E-state index is -0.452. The van der Waals surface area contributed by atoms with Gasteiger partial charge in [0.25, 0.3) is 0 Å². The Morgan fingerprint density at radius 2 is 1.50 bits per heavy atom. The number of benzene rings is 2. The van der Waals surface area contributed by atoms with Crippen LogP contribution in [0.2, 0.25) is 0 Å². The Morgan fingerprint density at radius 3 is 2.11 bits per heavy atom. The quantitative estimate of drug-likeness (QED) is 0.106. The first kappa shape index (κ1) is 30.4. The zero-order chi connectivity index (χ0) is 27.8. The van der Waals surface area contributed by atoms with Gasteiger partial charge < -0.3 is 18.9 Å². The van der Waals surface area contributed by atoms with Gasteiger partial charge in [-0.25, -0.2) is 14.4 Å². The van der Waals surface area contributed by atoms with Gasteiger partial charge in [0.1, 0.15) is 11.5 Å². The van der Waals surface area contributed by atoms with E-state index in [4.69, 9.17) is 14.2 Å². The average molecular weight is 523 g/mol. The van der Waals surface area contributed by atoms with Crippen LogP contribution in [0.4, 0.5) is 0 Å². The van der Waals surface area contributed by atoms with Gasteiger partial charge in [-0.2, -0.15) is 0 Å². The molecule has 0 saturated heterocycles. The summed E-state index contributed by atoms with van der Waals surface area (Å²) in [5.74, 6) is -0.0362. The number of esters is 3. The molecule has 0 fully saturated rings. The van der Waals surface area contributed by atoms with Crippen molar-refractivity contribution in [3.63, 3.8) is 0 Å². The summed E-state index contributed by atoms with van der Waals surface area (Å²) in [6.45, 7) is 8.13. The summed E-state index contributed by atoms with van der Waals surface area (Å²) in [5, 5.41) is 0. The zero-order valence-electron chi connectivity index (χ0n) is 22.6. The van der Waals surface area contributed by atoms with Crippen LogP contribution in [0.5, 0.6) is 11.5 Å². The highest BCUT2D eigenvalue weighted by Gasteiger charge is 2.11. The van der Waals surface area contributed by atoms with Gasteiger partial charge in [0.05, 0.1) is 25.9 Å². The summed E-state index contributed by atoms with van der Waals surface area (Å²) in [7, 11) is 1.32. The number of carbonyl (C=O) groups excluding carboxylic acids is 3. The fourth-order valence-electron chi connectivity index (χ4n) is 3.54. The maximum Gasteiger partial charge on any atom is 0.343 e. The standard InChI is InChI=1S/C31H38O7/c1-23(2)30(33)37-21-11-9-7-5-6-8-10-20-36-27-16-14-26(15-17-27)31(34)38-28-18-12-25(22-24(28)3)13-19-29(32)35-4/h12-19,22H,1,5-11,20-21H2,2-4H3/b19-13+. The number of hydrogen-bond acceptors (Lipinski definition) is 7. The molecule has 2 aromatic carbocycles. The molecule has 0 heterocycles. The highest BCUT2D eigenvalue weighted by atomic mass is 16.5. The number of hydrogen-bond donors (Lipinski definition) is 0. The van der Waals surface area contributed by atoms with Crippen molar-refractivity contribution in [2.45, 2.75) is 58.8 Å². The van der Waals surface area contributed by atoms with Gasteiger partial charge >= 0.3 is 17.9 Å². The molecule has 204 valence electrons. The molecule has 0 bridgehead atoms. The Kier molecular flexibility index (Phi) is 13.4. The fourth-order valence-corrected chi connectivity index (χ4v) is 3.54. The van der Waals surface area contributed by atoms with E-state index >= 15 is 0 Å². The van der Waals surface area contributed by atoms with Crippen LogP contribution in [0.3, 0.4) is 0 Å². The molecule has 0 aromatic heterocycles. The van der Waals surface area contributed by atoms with Crippen LogP contribution in [-0.2, 0) is 19.1 Å². The lowest BCUT2D eigenvalue weighted by Crippen LogP contribution is -2.09. The summed E-state index contributed by atoms with van der Waals surface area (Å²) >= 11 is 0. The van der Waals surface area contributed by atoms with Crippen molar-refractivity contribution in [3.8, 4) is 11.5 Å². The van der Waals surface area contributed by atoms with Gasteiger partial charge in [-0.15, -0.1) is 0 Å². The molecule has 7 heteroatoms. The van der Waals surface area contributed by atoms with E-state index in [-0.39, 0.29) is 5.97 Å². The van der Waals surface area contributed by atoms with Crippen LogP contribution in [-0.4, -0.2) is 38.2 Å². The lowest BCUT2D eigenvalue weighted by molar-refractivity contribution is -0.139. The number of methoxy groups -OCH3 is 1. The number of ether oxygens (including phenoxy) is 4. The first-order chi connectivity index (χ1) is 18.3. The highest BCUT2D eigenvalue weighted by Crippen LogP contribution is 2.22. The van der Waals surface area contributed by atoms with Crippen molar-refractivity contribution < 1.29 is 33.3 Å². The molecule has 0 radical (unpaired) electrons. The molecule has 0 unspecified atom stereocenters. The minimum Gasteiger partial charge on any atom is -0.494 e. The van der Waals surface area contributed by atoms with E-state index in [1.54, 1.807) is 49.4 Å². The van der Waals surface area contributed by atoms with Crippen LogP contribution >= 0.6 is 0 Å². The summed E-state index contributed by atoms with van der Waals surface area (Å²) < 4.78 is 21.0. The van der Waals surface area contributed by atoms with E-state index in [2.05, 4.69) is 11.3 Å². The third-order valence-corrected chi connectivity index (χ3v) is 5.74. The molecule has 0 atom stereocenters. The van der Waals surface area contributed by atoms with Gasteiger partial charge in [-0.05, 0) is 80.3 Å². The van der Waals surface area contributed by atoms with Crippen molar-refractivity contribution in [3.05, 3.63) is 77.4 Å². The van der Waals surface area contributed by atoms with Crippen molar-refractivity contribution in [1.82, 2.24) is 0 Å². The van der Waals surface area contributed by atoms with Crippen LogP contribution in [0, 0.1) is 6.92 Å². The van der Waals surface area contributed by atoms with E-state index in [1.165, 1.54) is 13.2 Å². The molecular weight excluding hydrogens is 484 g/mol. The summed E-state index contributed by atoms with van der Waals surface area (Å²) in [6, 6.07) is 12.2. The number of aryl methyl sites for hydroxylation is 1. The van der Waals surface area contributed by atoms with Gasteiger partial charge in [-0.3, -0.25) is 0 Å². The lowest BCUT2D eigenvalue weighted by atomic mass is 10.1. The Labute approximate surface area is 225 Å². The van der Waals surface area contributed by atoms with E-state index in [9.17, 15) is 14.4 Å².